The Morgan fingerprint density at radius 3 is 2.20 bits per heavy atom. The van der Waals surface area contributed by atoms with Crippen LogP contribution in [0.1, 0.15) is 27.2 Å². The summed E-state index contributed by atoms with van der Waals surface area (Å²) < 4.78 is 0. The van der Waals surface area contributed by atoms with Gasteiger partial charge in [0.15, 0.2) is 0 Å². The van der Waals surface area contributed by atoms with E-state index >= 15 is 0 Å². The predicted molar refractivity (Wildman–Crippen MR) is 72.2 cm³/mol. The highest BCUT2D eigenvalue weighted by atomic mass is 16.4. The van der Waals surface area contributed by atoms with E-state index < -0.39 is 18.0 Å². The van der Waals surface area contributed by atoms with Gasteiger partial charge in [-0.1, -0.05) is 0 Å². The number of aliphatic hydroxyl groups is 1. The molecule has 20 heavy (non-hydrogen) atoms. The van der Waals surface area contributed by atoms with E-state index in [1.165, 1.54) is 4.90 Å². The number of rotatable bonds is 8. The molecule has 0 aliphatic carbocycles. The van der Waals surface area contributed by atoms with Gasteiger partial charge in [0.1, 0.15) is 12.6 Å². The Bertz CT molecular complexity index is 346. The largest absolute Gasteiger partial charge is 0.480 e. The molecule has 0 aromatic heterocycles. The molecule has 3 amide bonds. The van der Waals surface area contributed by atoms with Crippen LogP contribution in [-0.4, -0.2) is 64.8 Å². The molecule has 0 saturated heterocycles. The molecule has 0 bridgehead atoms. The minimum atomic E-state index is -1.23. The molecule has 4 N–H and O–H groups in total. The first kappa shape index (κ1) is 18.2. The van der Waals surface area contributed by atoms with Gasteiger partial charge in [-0.05, 0) is 20.8 Å². The number of amides is 3. The van der Waals surface area contributed by atoms with Crippen LogP contribution in [-0.2, 0) is 9.59 Å². The standard InChI is InChI=1S/C12H23N3O5/c1-4-15(7-10(17)13-8(2)3)12(20)14-9(5-6-16)11(18)19/h8-9,16H,4-7H2,1-3H3,(H,13,17)(H,14,20)(H,18,19)/t9-/m1/s1. The van der Waals surface area contributed by atoms with E-state index in [4.69, 9.17) is 10.2 Å². The van der Waals surface area contributed by atoms with Crippen molar-refractivity contribution in [2.24, 2.45) is 0 Å². The van der Waals surface area contributed by atoms with Crippen LogP contribution in [0, 0.1) is 0 Å². The fourth-order valence-corrected chi connectivity index (χ4v) is 1.49. The molecule has 0 aliphatic rings. The van der Waals surface area contributed by atoms with Crippen molar-refractivity contribution in [1.82, 2.24) is 15.5 Å². The van der Waals surface area contributed by atoms with Crippen LogP contribution in [0.25, 0.3) is 0 Å². The zero-order chi connectivity index (χ0) is 15.7. The normalized spacial score (nSPS) is 11.8. The number of nitrogens with one attached hydrogen (secondary N) is 2. The second-order valence-corrected chi connectivity index (χ2v) is 4.59. The molecule has 0 fully saturated rings. The summed E-state index contributed by atoms with van der Waals surface area (Å²) in [5, 5.41) is 22.6. The summed E-state index contributed by atoms with van der Waals surface area (Å²) in [5.74, 6) is -1.54. The van der Waals surface area contributed by atoms with Gasteiger partial charge < -0.3 is 25.7 Å². The molecule has 0 aromatic rings. The number of nitrogens with zero attached hydrogens (tertiary/aromatic N) is 1. The highest BCUT2D eigenvalue weighted by Gasteiger charge is 2.23. The molecule has 0 aromatic carbocycles. The first-order valence-electron chi connectivity index (χ1n) is 6.50. The van der Waals surface area contributed by atoms with Gasteiger partial charge in [0.2, 0.25) is 5.91 Å². The predicted octanol–water partition coefficient (Wildman–Crippen LogP) is -0.622. The SMILES string of the molecule is CCN(CC(=O)NC(C)C)C(=O)N[C@H](CCO)C(=O)O. The van der Waals surface area contributed by atoms with Crippen LogP contribution in [0.4, 0.5) is 4.79 Å². The van der Waals surface area contributed by atoms with Crippen LogP contribution < -0.4 is 10.6 Å². The van der Waals surface area contributed by atoms with Crippen LogP contribution in [0.5, 0.6) is 0 Å². The molecule has 0 heterocycles. The number of likely N-dealkylation sites (N-methyl/N-ethyl adjacent to an activating group) is 1. The Morgan fingerprint density at radius 2 is 1.80 bits per heavy atom. The molecule has 0 aliphatic heterocycles. The van der Waals surface area contributed by atoms with E-state index in [-0.39, 0.29) is 38.1 Å². The summed E-state index contributed by atoms with van der Waals surface area (Å²) in [6, 6.07) is -1.85. The number of carbonyl (C=O) groups excluding carboxylic acids is 2. The van der Waals surface area contributed by atoms with Crippen LogP contribution >= 0.6 is 0 Å². The maximum atomic E-state index is 11.9. The summed E-state index contributed by atoms with van der Waals surface area (Å²) in [6.45, 7) is 5.06. The van der Waals surface area contributed by atoms with Crippen molar-refractivity contribution < 1.29 is 24.6 Å². The molecule has 0 unspecified atom stereocenters. The zero-order valence-electron chi connectivity index (χ0n) is 12.0. The molecule has 0 radical (unpaired) electrons. The van der Waals surface area contributed by atoms with Gasteiger partial charge in [-0.2, -0.15) is 0 Å². The minimum absolute atomic E-state index is 0.0366. The average Bonchev–Trinajstić information content (AvgIpc) is 2.34. The first-order chi connectivity index (χ1) is 9.31. The van der Waals surface area contributed by atoms with E-state index in [2.05, 4.69) is 10.6 Å². The Hall–Kier alpha value is -1.83. The third kappa shape index (κ3) is 6.93. The van der Waals surface area contributed by atoms with E-state index in [1.54, 1.807) is 20.8 Å². The Kier molecular flexibility index (Phi) is 8.30. The van der Waals surface area contributed by atoms with Crippen LogP contribution in [0.3, 0.4) is 0 Å². The highest BCUT2D eigenvalue weighted by Crippen LogP contribution is 1.96. The topological polar surface area (TPSA) is 119 Å². The Labute approximate surface area is 118 Å². The molecule has 0 spiro atoms. The van der Waals surface area contributed by atoms with E-state index in [0.29, 0.717) is 0 Å². The van der Waals surface area contributed by atoms with Gasteiger partial charge in [-0.3, -0.25) is 4.79 Å². The summed E-state index contributed by atoms with van der Waals surface area (Å²) in [7, 11) is 0. The molecule has 8 nitrogen and oxygen atoms in total. The molecule has 8 heteroatoms. The van der Waals surface area contributed by atoms with E-state index in [9.17, 15) is 14.4 Å². The molecule has 0 rings (SSSR count). The smallest absolute Gasteiger partial charge is 0.326 e. The highest BCUT2D eigenvalue weighted by molar-refractivity contribution is 5.86. The lowest BCUT2D eigenvalue weighted by molar-refractivity contribution is -0.139. The summed E-state index contributed by atoms with van der Waals surface area (Å²) in [6.07, 6.45) is -0.0865. The van der Waals surface area contributed by atoms with Crippen molar-refractivity contribution in [1.29, 1.82) is 0 Å². The molecule has 116 valence electrons. The van der Waals surface area contributed by atoms with Gasteiger partial charge in [-0.15, -0.1) is 0 Å². The quantitative estimate of drug-likeness (QED) is 0.475. The number of carbonyl (C=O) groups is 3. The fraction of sp³-hybridized carbons (Fsp3) is 0.750. The Morgan fingerprint density at radius 1 is 1.20 bits per heavy atom. The number of aliphatic hydroxyl groups excluding tert-OH is 1. The third-order valence-corrected chi connectivity index (χ3v) is 2.47. The number of hydrogen-bond donors (Lipinski definition) is 4. The van der Waals surface area contributed by atoms with Crippen LogP contribution in [0.15, 0.2) is 0 Å². The lowest BCUT2D eigenvalue weighted by atomic mass is 10.2. The maximum Gasteiger partial charge on any atom is 0.326 e. The summed E-state index contributed by atoms with van der Waals surface area (Å²) >= 11 is 0. The third-order valence-electron chi connectivity index (χ3n) is 2.47. The molecule has 1 atom stereocenters. The van der Waals surface area contributed by atoms with Crippen molar-refractivity contribution in [2.45, 2.75) is 39.3 Å². The lowest BCUT2D eigenvalue weighted by Gasteiger charge is -2.23. The van der Waals surface area contributed by atoms with Crippen molar-refractivity contribution in [2.75, 3.05) is 19.7 Å². The van der Waals surface area contributed by atoms with Crippen LogP contribution in [0.2, 0.25) is 0 Å². The summed E-state index contributed by atoms with van der Waals surface area (Å²) in [5.41, 5.74) is 0. The minimum Gasteiger partial charge on any atom is -0.480 e. The van der Waals surface area contributed by atoms with E-state index in [1.807, 2.05) is 0 Å². The first-order valence-corrected chi connectivity index (χ1v) is 6.50. The second kappa shape index (κ2) is 9.13. The zero-order valence-corrected chi connectivity index (χ0v) is 12.0. The number of hydrogen-bond acceptors (Lipinski definition) is 4. The fourth-order valence-electron chi connectivity index (χ4n) is 1.49. The van der Waals surface area contributed by atoms with Gasteiger partial charge in [0.05, 0.1) is 0 Å². The second-order valence-electron chi connectivity index (χ2n) is 4.59. The van der Waals surface area contributed by atoms with Gasteiger partial charge in [0.25, 0.3) is 0 Å². The summed E-state index contributed by atoms with van der Waals surface area (Å²) in [4.78, 5) is 35.5. The van der Waals surface area contributed by atoms with Gasteiger partial charge in [0, 0.05) is 25.6 Å². The number of urea groups is 1. The lowest BCUT2D eigenvalue weighted by Crippen LogP contribution is -2.51. The van der Waals surface area contributed by atoms with Gasteiger partial charge in [-0.25, -0.2) is 9.59 Å². The molecular weight excluding hydrogens is 266 g/mol. The van der Waals surface area contributed by atoms with Crippen molar-refractivity contribution in [3.8, 4) is 0 Å². The van der Waals surface area contributed by atoms with Crippen molar-refractivity contribution in [3.63, 3.8) is 0 Å². The number of aliphatic carboxylic acids is 1. The molecular formula is C12H23N3O5. The average molecular weight is 289 g/mol. The van der Waals surface area contributed by atoms with E-state index in [0.717, 1.165) is 0 Å². The monoisotopic (exact) mass is 289 g/mol. The van der Waals surface area contributed by atoms with Crippen molar-refractivity contribution >= 4 is 17.9 Å². The Balaban J connectivity index is 4.53. The van der Waals surface area contributed by atoms with Gasteiger partial charge >= 0.3 is 12.0 Å². The maximum absolute atomic E-state index is 11.9. The number of carboxylic acids is 1. The van der Waals surface area contributed by atoms with Crippen molar-refractivity contribution in [3.05, 3.63) is 0 Å². The number of carboxylic acid groups (broad SMARTS) is 1. The molecule has 0 saturated carbocycles.